The van der Waals surface area contributed by atoms with Gasteiger partial charge in [0, 0.05) is 18.8 Å². The third-order valence-corrected chi connectivity index (χ3v) is 7.15. The second-order valence-corrected chi connectivity index (χ2v) is 11.6. The first-order valence-corrected chi connectivity index (χ1v) is 12.5. The van der Waals surface area contributed by atoms with E-state index in [-0.39, 0.29) is 38.0 Å². The van der Waals surface area contributed by atoms with E-state index in [1.165, 1.54) is 10.7 Å². The maximum absolute atomic E-state index is 13.8. The molecule has 38 heavy (non-hydrogen) atoms. The average Bonchev–Trinajstić information content (AvgIpc) is 3.31. The van der Waals surface area contributed by atoms with Gasteiger partial charge in [0.1, 0.15) is 11.1 Å². The summed E-state index contributed by atoms with van der Waals surface area (Å²) in [6.07, 6.45) is -2.86. The zero-order valence-corrected chi connectivity index (χ0v) is 21.7. The van der Waals surface area contributed by atoms with Crippen molar-refractivity contribution in [2.45, 2.75) is 95.5 Å². The maximum atomic E-state index is 13.8. The number of carbonyl (C=O) groups excluding carboxylic acids is 2. The normalized spacial score (nSPS) is 25.3. The number of hydrogen-bond donors (Lipinski definition) is 2. The molecule has 3 atom stereocenters. The largest absolute Gasteiger partial charge is 0.444 e. The monoisotopic (exact) mass is 545 g/mol. The molecule has 13 heteroatoms. The molecule has 1 aliphatic carbocycles. The molecule has 2 aromatic heterocycles. The van der Waals surface area contributed by atoms with Gasteiger partial charge in [0.15, 0.2) is 5.65 Å². The Labute approximate surface area is 216 Å². The summed E-state index contributed by atoms with van der Waals surface area (Å²) >= 11 is 0. The van der Waals surface area contributed by atoms with Crippen molar-refractivity contribution in [3.8, 4) is 0 Å². The molecular formula is C25H32F5N5O3. The summed E-state index contributed by atoms with van der Waals surface area (Å²) in [4.78, 5) is 29.4. The molecule has 4 rings (SSSR count). The SMILES string of the molecule is CC(C)(C)OC(=O)N[C@H](c1cn2ncc(CC3C[C@@](C)(C(F)(F)F)NC3=O)cc2n1)C1CCC(F)(F)CC1. The van der Waals surface area contributed by atoms with E-state index >= 15 is 0 Å². The molecule has 0 radical (unpaired) electrons. The van der Waals surface area contributed by atoms with Crippen LogP contribution in [0, 0.1) is 11.8 Å². The van der Waals surface area contributed by atoms with Crippen LogP contribution in [0.3, 0.4) is 0 Å². The molecule has 2 N–H and O–H groups in total. The predicted octanol–water partition coefficient (Wildman–Crippen LogP) is 5.12. The van der Waals surface area contributed by atoms with Crippen LogP contribution in [0.4, 0.5) is 26.7 Å². The van der Waals surface area contributed by atoms with E-state index in [4.69, 9.17) is 4.74 Å². The van der Waals surface area contributed by atoms with Crippen molar-refractivity contribution in [2.24, 2.45) is 11.8 Å². The van der Waals surface area contributed by atoms with Crippen molar-refractivity contribution in [1.82, 2.24) is 25.2 Å². The molecule has 8 nitrogen and oxygen atoms in total. The van der Waals surface area contributed by atoms with E-state index in [1.54, 1.807) is 33.0 Å². The Kier molecular flexibility index (Phi) is 7.11. The van der Waals surface area contributed by atoms with Gasteiger partial charge in [-0.1, -0.05) is 0 Å². The topological polar surface area (TPSA) is 97.6 Å². The van der Waals surface area contributed by atoms with Gasteiger partial charge in [-0.15, -0.1) is 0 Å². The maximum Gasteiger partial charge on any atom is 0.411 e. The highest BCUT2D eigenvalue weighted by molar-refractivity contribution is 5.82. The van der Waals surface area contributed by atoms with E-state index in [9.17, 15) is 31.5 Å². The minimum atomic E-state index is -4.57. The van der Waals surface area contributed by atoms with Crippen molar-refractivity contribution >= 4 is 17.6 Å². The molecule has 2 aromatic rings. The lowest BCUT2D eigenvalue weighted by atomic mass is 9.81. The highest BCUT2D eigenvalue weighted by Gasteiger charge is 2.57. The van der Waals surface area contributed by atoms with E-state index in [1.807, 2.05) is 0 Å². The average molecular weight is 546 g/mol. The number of alkyl halides is 5. The predicted molar refractivity (Wildman–Crippen MR) is 126 cm³/mol. The Hall–Kier alpha value is -2.99. The number of alkyl carbamates (subject to hydrolysis) is 1. The van der Waals surface area contributed by atoms with E-state index in [2.05, 4.69) is 20.7 Å². The van der Waals surface area contributed by atoms with Crippen molar-refractivity contribution in [3.63, 3.8) is 0 Å². The summed E-state index contributed by atoms with van der Waals surface area (Å²) in [5, 5.41) is 9.12. The van der Waals surface area contributed by atoms with Gasteiger partial charge < -0.3 is 15.4 Å². The number of rotatable bonds is 5. The number of halogens is 5. The van der Waals surface area contributed by atoms with Crippen LogP contribution in [0.5, 0.6) is 0 Å². The van der Waals surface area contributed by atoms with E-state index < -0.39 is 53.6 Å². The highest BCUT2D eigenvalue weighted by Crippen LogP contribution is 2.42. The zero-order chi connectivity index (χ0) is 28.1. The molecule has 1 aliphatic heterocycles. The van der Waals surface area contributed by atoms with Gasteiger partial charge in [0.2, 0.25) is 11.8 Å². The zero-order valence-electron chi connectivity index (χ0n) is 21.7. The van der Waals surface area contributed by atoms with Gasteiger partial charge in [-0.25, -0.2) is 23.1 Å². The van der Waals surface area contributed by atoms with Crippen LogP contribution in [0.15, 0.2) is 18.5 Å². The Morgan fingerprint density at radius 2 is 1.92 bits per heavy atom. The molecule has 1 saturated carbocycles. The van der Waals surface area contributed by atoms with Crippen LogP contribution in [0.1, 0.15) is 77.1 Å². The molecule has 3 heterocycles. The summed E-state index contributed by atoms with van der Waals surface area (Å²) in [6.45, 7) is 6.09. The lowest BCUT2D eigenvalue weighted by Crippen LogP contribution is -2.51. The lowest BCUT2D eigenvalue weighted by Gasteiger charge is -2.33. The number of aromatic nitrogens is 3. The molecule has 1 saturated heterocycles. The van der Waals surface area contributed by atoms with Crippen molar-refractivity contribution in [1.29, 1.82) is 0 Å². The van der Waals surface area contributed by atoms with Crippen LogP contribution in [-0.4, -0.2) is 49.8 Å². The Morgan fingerprint density at radius 1 is 1.26 bits per heavy atom. The molecule has 0 aromatic carbocycles. The van der Waals surface area contributed by atoms with E-state index in [0.717, 1.165) is 6.92 Å². The first-order chi connectivity index (χ1) is 17.4. The number of fused-ring (bicyclic) bond motifs is 1. The second-order valence-electron chi connectivity index (χ2n) is 11.6. The van der Waals surface area contributed by atoms with Crippen molar-refractivity contribution in [2.75, 3.05) is 0 Å². The standard InChI is InChI=1S/C25H32F5N5O3/c1-22(2,3)38-21(37)33-19(15-5-7-24(26,27)8-6-15)17-13-35-18(32-17)10-14(12-31-35)9-16-11-23(4,25(28,29)30)34-20(16)36/h10,12-13,15-16,19H,5-9,11H2,1-4H3,(H,33,37)(H,34,36)/t16?,19-,23-/m0/s1. The summed E-state index contributed by atoms with van der Waals surface area (Å²) in [5.41, 5.74) is -1.77. The first kappa shape index (κ1) is 28.0. The van der Waals surface area contributed by atoms with Crippen LogP contribution < -0.4 is 10.6 Å². The van der Waals surface area contributed by atoms with Gasteiger partial charge in [-0.2, -0.15) is 18.3 Å². The first-order valence-electron chi connectivity index (χ1n) is 12.5. The molecule has 2 aliphatic rings. The summed E-state index contributed by atoms with van der Waals surface area (Å²) in [6, 6.07) is 0.909. The van der Waals surface area contributed by atoms with Crippen molar-refractivity contribution in [3.05, 3.63) is 29.7 Å². The fourth-order valence-electron chi connectivity index (χ4n) is 5.11. The summed E-state index contributed by atoms with van der Waals surface area (Å²) in [7, 11) is 0. The van der Waals surface area contributed by atoms with Crippen molar-refractivity contribution < 1.29 is 36.3 Å². The second kappa shape index (κ2) is 9.64. The molecular weight excluding hydrogens is 513 g/mol. The van der Waals surface area contributed by atoms with Crippen LogP contribution in [-0.2, 0) is 16.0 Å². The Balaban J connectivity index is 1.56. The number of ether oxygens (including phenoxy) is 1. The minimum Gasteiger partial charge on any atom is -0.444 e. The van der Waals surface area contributed by atoms with Crippen LogP contribution in [0.25, 0.3) is 5.65 Å². The third kappa shape index (κ3) is 6.17. The van der Waals surface area contributed by atoms with Gasteiger partial charge in [0.25, 0.3) is 0 Å². The number of amides is 2. The Bertz CT molecular complexity index is 1200. The number of nitrogens with zero attached hydrogens (tertiary/aromatic N) is 3. The van der Waals surface area contributed by atoms with Gasteiger partial charge in [0.05, 0.1) is 24.1 Å². The fourth-order valence-corrected chi connectivity index (χ4v) is 5.11. The lowest BCUT2D eigenvalue weighted by molar-refractivity contribution is -0.188. The molecule has 2 fully saturated rings. The van der Waals surface area contributed by atoms with E-state index in [0.29, 0.717) is 16.9 Å². The molecule has 0 bridgehead atoms. The molecule has 210 valence electrons. The molecule has 0 spiro atoms. The van der Waals surface area contributed by atoms with Crippen LogP contribution in [0.2, 0.25) is 0 Å². The number of hydrogen-bond acceptors (Lipinski definition) is 5. The summed E-state index contributed by atoms with van der Waals surface area (Å²) in [5.74, 6) is -4.62. The van der Waals surface area contributed by atoms with Gasteiger partial charge in [-0.3, -0.25) is 4.79 Å². The Morgan fingerprint density at radius 3 is 2.50 bits per heavy atom. The minimum absolute atomic E-state index is 0.0422. The van der Waals surface area contributed by atoms with Crippen LogP contribution >= 0.6 is 0 Å². The molecule has 2 amide bonds. The highest BCUT2D eigenvalue weighted by atomic mass is 19.4. The quantitative estimate of drug-likeness (QED) is 0.509. The number of carbonyl (C=O) groups is 2. The fraction of sp³-hybridized carbons (Fsp3) is 0.680. The number of imidazole rings is 1. The summed E-state index contributed by atoms with van der Waals surface area (Å²) < 4.78 is 74.6. The third-order valence-electron chi connectivity index (χ3n) is 7.15. The molecule has 1 unspecified atom stereocenters. The number of nitrogens with one attached hydrogen (secondary N) is 2. The smallest absolute Gasteiger partial charge is 0.411 e. The van der Waals surface area contributed by atoms with Gasteiger partial charge in [-0.05, 0) is 70.9 Å². The van der Waals surface area contributed by atoms with Gasteiger partial charge >= 0.3 is 12.3 Å².